The van der Waals surface area contributed by atoms with Gasteiger partial charge in [0, 0.05) is 5.02 Å². The predicted octanol–water partition coefficient (Wildman–Crippen LogP) is 1.62. The highest BCUT2D eigenvalue weighted by molar-refractivity contribution is 7.90. The van der Waals surface area contributed by atoms with Gasteiger partial charge in [-0.2, -0.15) is 0 Å². The van der Waals surface area contributed by atoms with E-state index in [1.54, 1.807) is 12.1 Å². The molecule has 0 aliphatic carbocycles. The van der Waals surface area contributed by atoms with Crippen LogP contribution in [-0.2, 0) is 9.92 Å². The van der Waals surface area contributed by atoms with Gasteiger partial charge >= 0.3 is 0 Å². The Bertz CT molecular complexity index is 343. The summed E-state index contributed by atoms with van der Waals surface area (Å²) in [6.07, 6.45) is 0. The molecule has 0 saturated carbocycles. The molecule has 0 bridgehead atoms. The van der Waals surface area contributed by atoms with Gasteiger partial charge in [0.25, 0.3) is 0 Å². The fourth-order valence-corrected chi connectivity index (χ4v) is 1.30. The minimum atomic E-state index is -3.08. The van der Waals surface area contributed by atoms with Crippen molar-refractivity contribution in [3.8, 4) is 0 Å². The van der Waals surface area contributed by atoms with Crippen LogP contribution < -0.4 is 5.14 Å². The van der Waals surface area contributed by atoms with E-state index in [0.29, 0.717) is 9.92 Å². The first-order valence-electron chi connectivity index (χ1n) is 2.82. The van der Waals surface area contributed by atoms with Gasteiger partial charge in [0.05, 0.1) is 4.90 Å². The minimum Gasteiger partial charge on any atom is -0.241 e. The van der Waals surface area contributed by atoms with Crippen molar-refractivity contribution in [1.29, 1.82) is 4.78 Å². The first kappa shape index (κ1) is 8.52. The molecule has 3 nitrogen and oxygen atoms in total. The van der Waals surface area contributed by atoms with Gasteiger partial charge < -0.3 is 0 Å². The highest BCUT2D eigenvalue weighted by Gasteiger charge is 2.01. The maximum absolute atomic E-state index is 10.9. The van der Waals surface area contributed by atoms with Crippen molar-refractivity contribution in [2.75, 3.05) is 0 Å². The Balaban J connectivity index is 3.20. The average molecular weight is 191 g/mol. The third-order valence-electron chi connectivity index (χ3n) is 1.16. The largest absolute Gasteiger partial charge is 0.241 e. The molecule has 0 aliphatic heterocycles. The first-order chi connectivity index (χ1) is 5.00. The summed E-state index contributed by atoms with van der Waals surface area (Å²) >= 11 is 5.57. The number of halogens is 1. The van der Waals surface area contributed by atoms with E-state index in [9.17, 15) is 4.21 Å². The molecule has 1 rings (SSSR count). The van der Waals surface area contributed by atoms with Crippen molar-refractivity contribution in [2.24, 2.45) is 5.14 Å². The third-order valence-corrected chi connectivity index (χ3v) is 2.39. The van der Waals surface area contributed by atoms with Crippen LogP contribution in [0.2, 0.25) is 5.02 Å². The van der Waals surface area contributed by atoms with Crippen molar-refractivity contribution in [3.63, 3.8) is 0 Å². The predicted molar refractivity (Wildman–Crippen MR) is 44.8 cm³/mol. The monoisotopic (exact) mass is 190 g/mol. The summed E-state index contributed by atoms with van der Waals surface area (Å²) in [5.74, 6) is 0. The molecule has 0 saturated heterocycles. The van der Waals surface area contributed by atoms with Crippen molar-refractivity contribution in [3.05, 3.63) is 29.3 Å². The van der Waals surface area contributed by atoms with E-state index in [1.165, 1.54) is 12.1 Å². The molecule has 0 fully saturated rings. The third kappa shape index (κ3) is 2.18. The van der Waals surface area contributed by atoms with Crippen molar-refractivity contribution in [1.82, 2.24) is 0 Å². The number of nitrogens with two attached hydrogens (primary N) is 1. The molecule has 0 aliphatic rings. The Kier molecular flexibility index (Phi) is 2.17. The van der Waals surface area contributed by atoms with Gasteiger partial charge in [-0.3, -0.25) is 0 Å². The second kappa shape index (κ2) is 2.81. The lowest BCUT2D eigenvalue weighted by Crippen LogP contribution is -2.09. The average Bonchev–Trinajstić information content (AvgIpc) is 1.86. The molecular formula is C6H7ClN2OS. The Labute approximate surface area is 70.3 Å². The number of rotatable bonds is 1. The van der Waals surface area contributed by atoms with Gasteiger partial charge in [-0.25, -0.2) is 14.1 Å². The van der Waals surface area contributed by atoms with E-state index >= 15 is 0 Å². The van der Waals surface area contributed by atoms with Gasteiger partial charge in [0.1, 0.15) is 9.92 Å². The molecule has 3 N–H and O–H groups in total. The molecular weight excluding hydrogens is 184 g/mol. The Morgan fingerprint density at radius 1 is 1.36 bits per heavy atom. The van der Waals surface area contributed by atoms with E-state index in [-0.39, 0.29) is 0 Å². The van der Waals surface area contributed by atoms with Crippen LogP contribution in [0.5, 0.6) is 0 Å². The van der Waals surface area contributed by atoms with E-state index in [2.05, 4.69) is 0 Å². The highest BCUT2D eigenvalue weighted by Crippen LogP contribution is 2.12. The maximum Gasteiger partial charge on any atom is 0.132 e. The van der Waals surface area contributed by atoms with Gasteiger partial charge in [-0.05, 0) is 24.3 Å². The van der Waals surface area contributed by atoms with Crippen LogP contribution in [0.4, 0.5) is 0 Å². The highest BCUT2D eigenvalue weighted by atomic mass is 35.5. The summed E-state index contributed by atoms with van der Waals surface area (Å²) < 4.78 is 17.9. The summed E-state index contributed by atoms with van der Waals surface area (Å²) in [4.78, 5) is 0.293. The SMILES string of the molecule is N=S(N)(=O)c1ccc(Cl)cc1. The van der Waals surface area contributed by atoms with E-state index in [0.717, 1.165) is 0 Å². The Morgan fingerprint density at radius 3 is 2.18 bits per heavy atom. The Morgan fingerprint density at radius 2 is 1.82 bits per heavy atom. The molecule has 11 heavy (non-hydrogen) atoms. The van der Waals surface area contributed by atoms with Crippen LogP contribution in [0.15, 0.2) is 29.2 Å². The van der Waals surface area contributed by atoms with Crippen LogP contribution >= 0.6 is 11.6 Å². The quantitative estimate of drug-likeness (QED) is 0.695. The van der Waals surface area contributed by atoms with Gasteiger partial charge in [-0.1, -0.05) is 11.6 Å². The summed E-state index contributed by atoms with van der Waals surface area (Å²) in [5, 5.41) is 5.60. The van der Waals surface area contributed by atoms with E-state index in [4.69, 9.17) is 21.5 Å². The zero-order valence-corrected chi connectivity index (χ0v) is 7.15. The van der Waals surface area contributed by atoms with Crippen LogP contribution in [0.1, 0.15) is 0 Å². The molecule has 0 heterocycles. The van der Waals surface area contributed by atoms with Gasteiger partial charge in [0.15, 0.2) is 0 Å². The fourth-order valence-electron chi connectivity index (χ4n) is 0.637. The van der Waals surface area contributed by atoms with Crippen LogP contribution in [-0.4, -0.2) is 4.21 Å². The summed E-state index contributed by atoms with van der Waals surface area (Å²) in [6, 6.07) is 6.07. The zero-order chi connectivity index (χ0) is 8.48. The van der Waals surface area contributed by atoms with Crippen LogP contribution in [0.3, 0.4) is 0 Å². The normalized spacial score (nSPS) is 15.8. The lowest BCUT2D eigenvalue weighted by atomic mass is 10.4. The van der Waals surface area contributed by atoms with Crippen molar-refractivity contribution >= 4 is 21.5 Å². The molecule has 1 aromatic carbocycles. The lowest BCUT2D eigenvalue weighted by molar-refractivity contribution is 0.676. The maximum atomic E-state index is 10.9. The molecule has 1 aromatic rings. The molecule has 0 radical (unpaired) electrons. The minimum absolute atomic E-state index is 0.293. The Hall–Kier alpha value is -0.580. The summed E-state index contributed by atoms with van der Waals surface area (Å²) in [5.41, 5.74) is 0. The van der Waals surface area contributed by atoms with E-state index in [1.807, 2.05) is 0 Å². The number of hydrogen-bond donors (Lipinski definition) is 2. The number of nitrogens with one attached hydrogen (secondary N) is 1. The first-order valence-corrected chi connectivity index (χ1v) is 4.82. The van der Waals surface area contributed by atoms with Gasteiger partial charge in [-0.15, -0.1) is 0 Å². The van der Waals surface area contributed by atoms with E-state index < -0.39 is 9.92 Å². The smallest absolute Gasteiger partial charge is 0.132 e. The topological polar surface area (TPSA) is 66.9 Å². The lowest BCUT2D eigenvalue weighted by Gasteiger charge is -1.98. The number of hydrogen-bond acceptors (Lipinski definition) is 2. The molecule has 60 valence electrons. The molecule has 1 atom stereocenters. The second-order valence-corrected chi connectivity index (χ2v) is 4.16. The second-order valence-electron chi connectivity index (χ2n) is 2.05. The number of benzene rings is 1. The van der Waals surface area contributed by atoms with Crippen LogP contribution in [0, 0.1) is 4.78 Å². The molecule has 5 heteroatoms. The van der Waals surface area contributed by atoms with Crippen LogP contribution in [0.25, 0.3) is 0 Å². The molecule has 0 amide bonds. The van der Waals surface area contributed by atoms with Crippen molar-refractivity contribution < 1.29 is 4.21 Å². The standard InChI is InChI=1S/C6H7ClN2OS/c7-5-1-3-6(4-2-5)11(8,9)10/h1-4H,(H3,8,9,10). The summed E-state index contributed by atoms with van der Waals surface area (Å²) in [7, 11) is -3.08. The molecule has 0 aromatic heterocycles. The fraction of sp³-hybridized carbons (Fsp3) is 0. The van der Waals surface area contributed by atoms with Crippen molar-refractivity contribution in [2.45, 2.75) is 4.90 Å². The molecule has 0 spiro atoms. The summed E-state index contributed by atoms with van der Waals surface area (Å²) in [6.45, 7) is 0. The molecule has 1 unspecified atom stereocenters. The zero-order valence-electron chi connectivity index (χ0n) is 5.58. The van der Waals surface area contributed by atoms with Gasteiger partial charge in [0.2, 0.25) is 0 Å².